The molecule has 0 aliphatic rings. The van der Waals surface area contributed by atoms with Crippen LogP contribution in [0.5, 0.6) is 0 Å². The minimum absolute atomic E-state index is 0.0159. The highest BCUT2D eigenvalue weighted by molar-refractivity contribution is 5.93. The maximum Gasteiger partial charge on any atom is 0.404 e. The number of esters is 1. The molecule has 0 aliphatic heterocycles. The number of carboxylic acid groups (broad SMARTS) is 2. The first-order chi connectivity index (χ1) is 11.7. The van der Waals surface area contributed by atoms with Crippen molar-refractivity contribution in [2.45, 2.75) is 32.2 Å². The maximum atomic E-state index is 13.2. The van der Waals surface area contributed by atoms with Crippen LogP contribution in [0.3, 0.4) is 0 Å². The average molecular weight is 359 g/mol. The molecular formula is C16H19F2NO6. The summed E-state index contributed by atoms with van der Waals surface area (Å²) in [5, 5.41) is 20.1. The lowest BCUT2D eigenvalue weighted by atomic mass is 9.96. The number of carbonyl (C=O) groups excluding carboxylic acids is 1. The summed E-state index contributed by atoms with van der Waals surface area (Å²) in [5.74, 6) is -5.36. The molecule has 2 atom stereocenters. The summed E-state index contributed by atoms with van der Waals surface area (Å²) < 4.78 is 31.1. The molecule has 0 saturated heterocycles. The number of benzene rings is 1. The van der Waals surface area contributed by atoms with Crippen molar-refractivity contribution < 1.29 is 38.1 Å². The van der Waals surface area contributed by atoms with Crippen LogP contribution in [0.15, 0.2) is 18.2 Å². The Bertz CT molecular complexity index is 617. The second-order valence-corrected chi connectivity index (χ2v) is 5.35. The van der Waals surface area contributed by atoms with E-state index in [0.29, 0.717) is 6.07 Å². The van der Waals surface area contributed by atoms with E-state index >= 15 is 0 Å². The van der Waals surface area contributed by atoms with Crippen molar-refractivity contribution in [3.8, 4) is 0 Å². The predicted octanol–water partition coefficient (Wildman–Crippen LogP) is 2.19. The van der Waals surface area contributed by atoms with Crippen LogP contribution in [-0.2, 0) is 20.7 Å². The zero-order chi connectivity index (χ0) is 19.0. The van der Waals surface area contributed by atoms with Gasteiger partial charge in [0.25, 0.3) is 0 Å². The lowest BCUT2D eigenvalue weighted by Gasteiger charge is -2.19. The minimum atomic E-state index is -1.44. The number of carbonyl (C=O) groups is 3. The fraction of sp³-hybridized carbons (Fsp3) is 0.438. The van der Waals surface area contributed by atoms with Crippen LogP contribution in [-0.4, -0.2) is 40.9 Å². The van der Waals surface area contributed by atoms with E-state index in [1.165, 1.54) is 6.92 Å². The van der Waals surface area contributed by atoms with E-state index in [0.717, 1.165) is 12.1 Å². The van der Waals surface area contributed by atoms with Gasteiger partial charge in [-0.15, -0.1) is 0 Å². The Morgan fingerprint density at radius 1 is 1.12 bits per heavy atom. The van der Waals surface area contributed by atoms with Crippen LogP contribution in [0.1, 0.15) is 25.3 Å². The number of ether oxygens (including phenoxy) is 1. The average Bonchev–Trinajstić information content (AvgIpc) is 2.45. The number of carboxylic acids is 1. The van der Waals surface area contributed by atoms with Crippen molar-refractivity contribution in [2.75, 3.05) is 6.61 Å². The number of amides is 1. The zero-order valence-electron chi connectivity index (χ0n) is 13.5. The fourth-order valence-electron chi connectivity index (χ4n) is 2.37. The third-order valence-corrected chi connectivity index (χ3v) is 3.41. The monoisotopic (exact) mass is 359 g/mol. The van der Waals surface area contributed by atoms with Crippen molar-refractivity contribution >= 4 is 18.0 Å². The number of nitrogens with one attached hydrogen (secondary N) is 1. The Labute approximate surface area is 142 Å². The van der Waals surface area contributed by atoms with Crippen molar-refractivity contribution in [2.24, 2.45) is 5.92 Å². The molecule has 1 unspecified atom stereocenters. The third-order valence-electron chi connectivity index (χ3n) is 3.41. The van der Waals surface area contributed by atoms with E-state index in [2.05, 4.69) is 10.1 Å². The van der Waals surface area contributed by atoms with Crippen LogP contribution in [0, 0.1) is 17.6 Å². The van der Waals surface area contributed by atoms with Crippen LogP contribution in [0.4, 0.5) is 13.6 Å². The molecule has 0 fully saturated rings. The van der Waals surface area contributed by atoms with Crippen LogP contribution < -0.4 is 5.32 Å². The van der Waals surface area contributed by atoms with E-state index < -0.39 is 41.6 Å². The fourth-order valence-corrected chi connectivity index (χ4v) is 2.37. The SMILES string of the molecule is CCOC(=O)C(CC[C@H](Cc1cc(F)cc(F)c1)NC(=O)O)C(=O)O. The molecule has 1 rings (SSSR count). The Morgan fingerprint density at radius 3 is 2.20 bits per heavy atom. The van der Waals surface area contributed by atoms with E-state index in [-0.39, 0.29) is 31.4 Å². The van der Waals surface area contributed by atoms with Crippen LogP contribution >= 0.6 is 0 Å². The molecule has 0 radical (unpaired) electrons. The van der Waals surface area contributed by atoms with E-state index in [4.69, 9.17) is 10.2 Å². The van der Waals surface area contributed by atoms with E-state index in [9.17, 15) is 23.2 Å². The Balaban J connectivity index is 2.82. The van der Waals surface area contributed by atoms with Gasteiger partial charge in [-0.1, -0.05) is 0 Å². The standard InChI is InChI=1S/C16H19F2NO6/c1-2-25-15(22)13(14(20)21)4-3-12(19-16(23)24)7-9-5-10(17)8-11(18)6-9/h5-6,8,12-13,19H,2-4,7H2,1H3,(H,20,21)(H,23,24)/t12-,13?/m1/s1. The van der Waals surface area contributed by atoms with Gasteiger partial charge < -0.3 is 20.3 Å². The highest BCUT2D eigenvalue weighted by atomic mass is 19.1. The number of hydrogen-bond acceptors (Lipinski definition) is 4. The van der Waals surface area contributed by atoms with Crippen molar-refractivity contribution in [3.05, 3.63) is 35.4 Å². The predicted molar refractivity (Wildman–Crippen MR) is 82.0 cm³/mol. The smallest absolute Gasteiger partial charge is 0.404 e. The van der Waals surface area contributed by atoms with Gasteiger partial charge in [0.2, 0.25) is 0 Å². The molecule has 138 valence electrons. The van der Waals surface area contributed by atoms with Crippen molar-refractivity contribution in [1.29, 1.82) is 0 Å². The van der Waals surface area contributed by atoms with Gasteiger partial charge in [-0.25, -0.2) is 13.6 Å². The first-order valence-corrected chi connectivity index (χ1v) is 7.56. The number of halogens is 2. The van der Waals surface area contributed by atoms with E-state index in [1.54, 1.807) is 0 Å². The first kappa shape index (κ1) is 20.3. The second kappa shape index (κ2) is 9.55. The Morgan fingerprint density at radius 2 is 1.72 bits per heavy atom. The molecule has 1 amide bonds. The number of aliphatic carboxylic acids is 1. The molecule has 9 heteroatoms. The van der Waals surface area contributed by atoms with Gasteiger partial charge in [-0.05, 0) is 43.9 Å². The van der Waals surface area contributed by atoms with E-state index in [1.807, 2.05) is 0 Å². The van der Waals surface area contributed by atoms with Gasteiger partial charge in [0.1, 0.15) is 11.6 Å². The number of hydrogen-bond donors (Lipinski definition) is 3. The summed E-state index contributed by atoms with van der Waals surface area (Å²) >= 11 is 0. The third kappa shape index (κ3) is 7.15. The van der Waals surface area contributed by atoms with Gasteiger partial charge in [-0.3, -0.25) is 9.59 Å². The van der Waals surface area contributed by atoms with Crippen LogP contribution in [0.2, 0.25) is 0 Å². The van der Waals surface area contributed by atoms with Gasteiger partial charge >= 0.3 is 18.0 Å². The molecule has 0 aliphatic carbocycles. The molecule has 3 N–H and O–H groups in total. The van der Waals surface area contributed by atoms with Gasteiger partial charge in [0.05, 0.1) is 6.61 Å². The molecule has 25 heavy (non-hydrogen) atoms. The molecule has 0 aromatic heterocycles. The molecule has 1 aromatic carbocycles. The van der Waals surface area contributed by atoms with Gasteiger partial charge in [-0.2, -0.15) is 0 Å². The summed E-state index contributed by atoms with van der Waals surface area (Å²) in [5.41, 5.74) is 0.208. The summed E-state index contributed by atoms with van der Waals surface area (Å²) in [6.45, 7) is 1.55. The van der Waals surface area contributed by atoms with Gasteiger partial charge in [0.15, 0.2) is 5.92 Å². The quantitative estimate of drug-likeness (QED) is 0.460. The first-order valence-electron chi connectivity index (χ1n) is 7.56. The lowest BCUT2D eigenvalue weighted by molar-refractivity contribution is -0.158. The largest absolute Gasteiger partial charge is 0.481 e. The number of rotatable bonds is 9. The summed E-state index contributed by atoms with van der Waals surface area (Å²) in [6.07, 6.45) is -1.64. The molecule has 0 spiro atoms. The molecule has 0 heterocycles. The lowest BCUT2D eigenvalue weighted by Crippen LogP contribution is -2.37. The summed E-state index contributed by atoms with van der Waals surface area (Å²) in [6, 6.07) is 1.97. The minimum Gasteiger partial charge on any atom is -0.481 e. The molecule has 1 aromatic rings. The van der Waals surface area contributed by atoms with Crippen LogP contribution in [0.25, 0.3) is 0 Å². The summed E-state index contributed by atoms with van der Waals surface area (Å²) in [7, 11) is 0. The topological polar surface area (TPSA) is 113 Å². The molecule has 7 nitrogen and oxygen atoms in total. The molecular weight excluding hydrogens is 340 g/mol. The molecule has 0 bridgehead atoms. The highest BCUT2D eigenvalue weighted by Crippen LogP contribution is 2.16. The van der Waals surface area contributed by atoms with Crippen molar-refractivity contribution in [3.63, 3.8) is 0 Å². The Kier molecular flexibility index (Phi) is 7.77. The second-order valence-electron chi connectivity index (χ2n) is 5.35. The Hall–Kier alpha value is -2.71. The summed E-state index contributed by atoms with van der Waals surface area (Å²) in [4.78, 5) is 33.7. The van der Waals surface area contributed by atoms with Crippen molar-refractivity contribution in [1.82, 2.24) is 5.32 Å². The van der Waals surface area contributed by atoms with Gasteiger partial charge in [0, 0.05) is 12.1 Å². The maximum absolute atomic E-state index is 13.2. The molecule has 0 saturated carbocycles. The normalized spacial score (nSPS) is 12.9. The highest BCUT2D eigenvalue weighted by Gasteiger charge is 2.29. The zero-order valence-corrected chi connectivity index (χ0v) is 13.5.